The second-order valence-corrected chi connectivity index (χ2v) is 8.11. The summed E-state index contributed by atoms with van der Waals surface area (Å²) in [6.07, 6.45) is 4.05. The van der Waals surface area contributed by atoms with Crippen LogP contribution in [0.2, 0.25) is 0 Å². The lowest BCUT2D eigenvalue weighted by atomic mass is 9.92. The summed E-state index contributed by atoms with van der Waals surface area (Å²) in [5.41, 5.74) is 0.767. The minimum absolute atomic E-state index is 0.0429. The third-order valence-electron chi connectivity index (χ3n) is 5.31. The van der Waals surface area contributed by atoms with Gasteiger partial charge in [-0.05, 0) is 70.6 Å². The van der Waals surface area contributed by atoms with E-state index >= 15 is 0 Å². The summed E-state index contributed by atoms with van der Waals surface area (Å²) in [5, 5.41) is 0. The van der Waals surface area contributed by atoms with Gasteiger partial charge in [-0.15, -0.1) is 0 Å². The Balaban J connectivity index is 1.70. The highest BCUT2D eigenvalue weighted by molar-refractivity contribution is 5.94. The van der Waals surface area contributed by atoms with Crippen LogP contribution in [0.3, 0.4) is 0 Å². The predicted molar refractivity (Wildman–Crippen MR) is 98.5 cm³/mol. The van der Waals surface area contributed by atoms with Gasteiger partial charge in [0.2, 0.25) is 0 Å². The zero-order chi connectivity index (χ0) is 18.7. The Morgan fingerprint density at radius 3 is 2.77 bits per heavy atom. The predicted octanol–water partition coefficient (Wildman–Crippen LogP) is 4.17. The van der Waals surface area contributed by atoms with Crippen molar-refractivity contribution in [2.45, 2.75) is 64.7 Å². The zero-order valence-corrected chi connectivity index (χ0v) is 16.1. The van der Waals surface area contributed by atoms with Crippen LogP contribution in [0, 0.1) is 11.7 Å². The van der Waals surface area contributed by atoms with Gasteiger partial charge in [-0.2, -0.15) is 0 Å². The molecule has 1 aromatic rings. The second-order valence-electron chi connectivity index (χ2n) is 8.11. The highest BCUT2D eigenvalue weighted by Gasteiger charge is 2.34. The second kappa shape index (κ2) is 8.05. The molecule has 2 fully saturated rings. The fraction of sp³-hybridized carbons (Fsp3) is 0.667. The molecule has 0 radical (unpaired) electrons. The summed E-state index contributed by atoms with van der Waals surface area (Å²) in [7, 11) is 0. The molecular formula is C21H30FNO3. The number of carbonyl (C=O) groups is 1. The average molecular weight is 363 g/mol. The summed E-state index contributed by atoms with van der Waals surface area (Å²) in [6.45, 7) is 8.30. The third-order valence-corrected chi connectivity index (χ3v) is 5.31. The van der Waals surface area contributed by atoms with Crippen LogP contribution in [0.4, 0.5) is 4.39 Å². The third kappa shape index (κ3) is 4.83. The molecule has 0 bridgehead atoms. The molecule has 144 valence electrons. The quantitative estimate of drug-likeness (QED) is 0.730. The maximum Gasteiger partial charge on any atom is 0.254 e. The Hall–Kier alpha value is -1.46. The largest absolute Gasteiger partial charge is 0.376 e. The van der Waals surface area contributed by atoms with Crippen molar-refractivity contribution >= 4 is 5.91 Å². The van der Waals surface area contributed by atoms with E-state index in [1.807, 2.05) is 11.8 Å². The van der Waals surface area contributed by atoms with Gasteiger partial charge < -0.3 is 14.4 Å². The molecule has 1 amide bonds. The molecule has 1 aliphatic heterocycles. The number of nitrogens with zero attached hydrogens (tertiary/aromatic N) is 1. The van der Waals surface area contributed by atoms with Crippen molar-refractivity contribution in [1.29, 1.82) is 0 Å². The first-order valence-electron chi connectivity index (χ1n) is 9.70. The number of ether oxygens (including phenoxy) is 2. The van der Waals surface area contributed by atoms with E-state index in [4.69, 9.17) is 9.47 Å². The van der Waals surface area contributed by atoms with Crippen molar-refractivity contribution in [3.8, 4) is 0 Å². The number of amides is 1. The van der Waals surface area contributed by atoms with Gasteiger partial charge in [-0.25, -0.2) is 4.39 Å². The molecule has 2 aliphatic rings. The molecule has 1 aromatic carbocycles. The lowest BCUT2D eigenvalue weighted by Gasteiger charge is -2.41. The molecule has 0 N–H and O–H groups in total. The van der Waals surface area contributed by atoms with E-state index in [0.717, 1.165) is 12.8 Å². The van der Waals surface area contributed by atoms with Gasteiger partial charge in [0.05, 0.1) is 12.2 Å². The van der Waals surface area contributed by atoms with Gasteiger partial charge in [0.1, 0.15) is 5.82 Å². The minimum Gasteiger partial charge on any atom is -0.376 e. The van der Waals surface area contributed by atoms with E-state index in [2.05, 4.69) is 13.8 Å². The molecular weight excluding hydrogens is 333 g/mol. The molecule has 4 nitrogen and oxygen atoms in total. The molecule has 3 rings (SSSR count). The Morgan fingerprint density at radius 1 is 1.35 bits per heavy atom. The van der Waals surface area contributed by atoms with Crippen molar-refractivity contribution < 1.29 is 18.7 Å². The summed E-state index contributed by atoms with van der Waals surface area (Å²) in [5.74, 6) is 0.279. The van der Waals surface area contributed by atoms with E-state index in [1.54, 1.807) is 12.1 Å². The van der Waals surface area contributed by atoms with E-state index < -0.39 is 0 Å². The monoisotopic (exact) mass is 363 g/mol. The number of rotatable bonds is 7. The molecule has 1 aliphatic carbocycles. The molecule has 0 aromatic heterocycles. The average Bonchev–Trinajstić information content (AvgIpc) is 3.40. The SMILES string of the molecule is CCN(C(=O)c1ccc(F)c(COCC2CC2)c1)C1CCOC(C)(C)C1. The van der Waals surface area contributed by atoms with Gasteiger partial charge in [0, 0.05) is 36.9 Å². The summed E-state index contributed by atoms with van der Waals surface area (Å²) in [6, 6.07) is 4.76. The van der Waals surface area contributed by atoms with Crippen LogP contribution in [-0.4, -0.2) is 42.2 Å². The Morgan fingerprint density at radius 2 is 2.12 bits per heavy atom. The van der Waals surface area contributed by atoms with Crippen molar-refractivity contribution in [2.24, 2.45) is 5.92 Å². The first-order chi connectivity index (χ1) is 12.4. The summed E-state index contributed by atoms with van der Waals surface area (Å²) in [4.78, 5) is 15.0. The van der Waals surface area contributed by atoms with Gasteiger partial charge >= 0.3 is 0 Å². The normalized spacial score (nSPS) is 22.2. The van der Waals surface area contributed by atoms with Gasteiger partial charge in [-0.1, -0.05) is 0 Å². The lowest BCUT2D eigenvalue weighted by Crippen LogP contribution is -2.48. The Kier molecular flexibility index (Phi) is 5.98. The van der Waals surface area contributed by atoms with Crippen LogP contribution in [-0.2, 0) is 16.1 Å². The number of hydrogen-bond acceptors (Lipinski definition) is 3. The van der Waals surface area contributed by atoms with Crippen LogP contribution in [0.15, 0.2) is 18.2 Å². The van der Waals surface area contributed by atoms with E-state index in [9.17, 15) is 9.18 Å². The van der Waals surface area contributed by atoms with Gasteiger partial charge in [0.25, 0.3) is 5.91 Å². The molecule has 1 saturated heterocycles. The van der Waals surface area contributed by atoms with Crippen molar-refractivity contribution in [3.63, 3.8) is 0 Å². The molecule has 1 heterocycles. The maximum absolute atomic E-state index is 14.1. The topological polar surface area (TPSA) is 38.8 Å². The standard InChI is InChI=1S/C21H30FNO3/c1-4-23(18-9-10-26-21(2,3)12-18)20(24)16-7-8-19(22)17(11-16)14-25-13-15-5-6-15/h7-8,11,15,18H,4-6,9-10,12-14H2,1-3H3. The smallest absolute Gasteiger partial charge is 0.254 e. The van der Waals surface area contributed by atoms with Crippen LogP contribution in [0.25, 0.3) is 0 Å². The van der Waals surface area contributed by atoms with Gasteiger partial charge in [0.15, 0.2) is 0 Å². The fourth-order valence-corrected chi connectivity index (χ4v) is 3.64. The van der Waals surface area contributed by atoms with Crippen LogP contribution >= 0.6 is 0 Å². The first-order valence-corrected chi connectivity index (χ1v) is 9.70. The minimum atomic E-state index is -0.312. The van der Waals surface area contributed by atoms with Gasteiger partial charge in [-0.3, -0.25) is 4.79 Å². The summed E-state index contributed by atoms with van der Waals surface area (Å²) < 4.78 is 25.5. The summed E-state index contributed by atoms with van der Waals surface area (Å²) >= 11 is 0. The van der Waals surface area contributed by atoms with Crippen LogP contribution < -0.4 is 0 Å². The maximum atomic E-state index is 14.1. The van der Waals surface area contributed by atoms with Crippen molar-refractivity contribution in [1.82, 2.24) is 4.90 Å². The highest BCUT2D eigenvalue weighted by atomic mass is 19.1. The molecule has 1 unspecified atom stereocenters. The Labute approximate surface area is 155 Å². The number of hydrogen-bond donors (Lipinski definition) is 0. The molecule has 5 heteroatoms. The van der Waals surface area contributed by atoms with Crippen LogP contribution in [0.1, 0.15) is 62.4 Å². The zero-order valence-electron chi connectivity index (χ0n) is 16.1. The van der Waals surface area contributed by atoms with E-state index in [0.29, 0.717) is 36.8 Å². The van der Waals surface area contributed by atoms with E-state index in [1.165, 1.54) is 18.9 Å². The lowest BCUT2D eigenvalue weighted by molar-refractivity contribution is -0.0777. The molecule has 1 saturated carbocycles. The highest BCUT2D eigenvalue weighted by Crippen LogP contribution is 2.30. The fourth-order valence-electron chi connectivity index (χ4n) is 3.64. The number of halogens is 1. The molecule has 26 heavy (non-hydrogen) atoms. The van der Waals surface area contributed by atoms with E-state index in [-0.39, 0.29) is 30.0 Å². The molecule has 1 atom stereocenters. The van der Waals surface area contributed by atoms with Crippen LogP contribution in [0.5, 0.6) is 0 Å². The Bertz CT molecular complexity index is 642. The number of carbonyl (C=O) groups excluding carboxylic acids is 1. The molecule has 0 spiro atoms. The first kappa shape index (κ1) is 19.3. The number of benzene rings is 1. The van der Waals surface area contributed by atoms with Crippen molar-refractivity contribution in [2.75, 3.05) is 19.8 Å². The van der Waals surface area contributed by atoms with Crippen molar-refractivity contribution in [3.05, 3.63) is 35.1 Å².